The lowest BCUT2D eigenvalue weighted by molar-refractivity contribution is -0.143. The quantitative estimate of drug-likeness (QED) is 0.431. The first-order valence-corrected chi connectivity index (χ1v) is 11.6. The van der Waals surface area contributed by atoms with Gasteiger partial charge in [-0.25, -0.2) is 15.0 Å². The van der Waals surface area contributed by atoms with Gasteiger partial charge in [0.25, 0.3) is 0 Å². The predicted octanol–water partition coefficient (Wildman–Crippen LogP) is 5.87. The van der Waals surface area contributed by atoms with Crippen LogP contribution in [-0.4, -0.2) is 32.6 Å². The number of benzene rings is 1. The van der Waals surface area contributed by atoms with Crippen LogP contribution < -0.4 is 10.6 Å². The van der Waals surface area contributed by atoms with Crippen molar-refractivity contribution in [1.82, 2.24) is 24.8 Å². The van der Waals surface area contributed by atoms with Crippen LogP contribution in [0.3, 0.4) is 0 Å². The molecule has 1 saturated carbocycles. The molecule has 3 aromatic rings. The van der Waals surface area contributed by atoms with Gasteiger partial charge in [0.05, 0.1) is 17.3 Å². The fourth-order valence-electron chi connectivity index (χ4n) is 4.63. The van der Waals surface area contributed by atoms with Crippen molar-refractivity contribution in [3.8, 4) is 0 Å². The molecule has 3 heterocycles. The average molecular weight is 498 g/mol. The molecule has 6 nitrogen and oxygen atoms in total. The van der Waals surface area contributed by atoms with E-state index < -0.39 is 23.5 Å². The molecule has 2 aromatic heterocycles. The van der Waals surface area contributed by atoms with Gasteiger partial charge in [-0.2, -0.15) is 26.3 Å². The number of piperidine rings is 1. The Labute approximate surface area is 197 Å². The molecule has 0 atom stereocenters. The van der Waals surface area contributed by atoms with E-state index in [1.54, 1.807) is 10.8 Å². The van der Waals surface area contributed by atoms with Gasteiger partial charge >= 0.3 is 12.4 Å². The zero-order valence-corrected chi connectivity index (χ0v) is 18.7. The number of hydrogen-bond donors (Lipinski definition) is 2. The summed E-state index contributed by atoms with van der Waals surface area (Å²) >= 11 is 0. The van der Waals surface area contributed by atoms with E-state index in [9.17, 15) is 26.3 Å². The number of rotatable bonds is 5. The minimum atomic E-state index is -4.94. The second-order valence-corrected chi connectivity index (χ2v) is 9.20. The fraction of sp³-hybridized carbons (Fsp3) is 0.522. The van der Waals surface area contributed by atoms with Gasteiger partial charge in [0.1, 0.15) is 11.3 Å². The molecular formula is C23H24F6N6. The zero-order chi connectivity index (χ0) is 24.8. The summed E-state index contributed by atoms with van der Waals surface area (Å²) in [4.78, 5) is 13.6. The van der Waals surface area contributed by atoms with Crippen molar-refractivity contribution in [2.75, 3.05) is 18.4 Å². The lowest BCUT2D eigenvalue weighted by Crippen LogP contribution is -2.30. The Balaban J connectivity index is 1.57. The summed E-state index contributed by atoms with van der Waals surface area (Å²) in [6.45, 7) is 1.46. The van der Waals surface area contributed by atoms with Crippen LogP contribution >= 0.6 is 0 Å². The highest BCUT2D eigenvalue weighted by Crippen LogP contribution is 2.39. The zero-order valence-electron chi connectivity index (χ0n) is 18.7. The molecule has 2 aliphatic rings. The Bertz CT molecular complexity index is 1180. The van der Waals surface area contributed by atoms with Gasteiger partial charge in [0.15, 0.2) is 5.65 Å². The molecule has 1 saturated heterocycles. The number of fused-ring (bicyclic) bond motifs is 1. The maximum Gasteiger partial charge on any atom is 0.416 e. The first kappa shape index (κ1) is 23.8. The number of nitrogens with zero attached hydrogens (tertiary/aromatic N) is 4. The predicted molar refractivity (Wildman–Crippen MR) is 117 cm³/mol. The minimum absolute atomic E-state index is 0.0666. The summed E-state index contributed by atoms with van der Waals surface area (Å²) in [7, 11) is 0. The summed E-state index contributed by atoms with van der Waals surface area (Å²) in [5.74, 6) is 1.35. The van der Waals surface area contributed by atoms with Crippen LogP contribution in [0.4, 0.5) is 38.0 Å². The molecule has 1 aliphatic carbocycles. The molecule has 2 fully saturated rings. The van der Waals surface area contributed by atoms with Crippen molar-refractivity contribution >= 4 is 22.8 Å². The van der Waals surface area contributed by atoms with Gasteiger partial charge in [0.2, 0.25) is 5.95 Å². The van der Waals surface area contributed by atoms with Gasteiger partial charge in [-0.05, 0) is 50.0 Å². The maximum atomic E-state index is 13.4. The van der Waals surface area contributed by atoms with E-state index in [1.165, 1.54) is 6.42 Å². The Morgan fingerprint density at radius 3 is 2.14 bits per heavy atom. The summed E-state index contributed by atoms with van der Waals surface area (Å²) < 4.78 is 81.9. The SMILES string of the molecule is FC(F)(F)c1cc(Nc2nc3cnc(CC4CCC4)nc3n2C2CCNCC2)cc(C(F)(F)F)c1. The highest BCUT2D eigenvalue weighted by atomic mass is 19.4. The second kappa shape index (κ2) is 8.96. The molecule has 2 N–H and O–H groups in total. The molecule has 5 rings (SSSR count). The van der Waals surface area contributed by atoms with Crippen LogP contribution in [0.5, 0.6) is 0 Å². The van der Waals surface area contributed by atoms with Gasteiger partial charge < -0.3 is 10.6 Å². The molecule has 188 valence electrons. The number of halogens is 6. The third kappa shape index (κ3) is 5.07. The topological polar surface area (TPSA) is 67.7 Å². The standard InChI is InChI=1S/C23H24F6N6/c24-22(25,26)14-9-15(23(27,28)29)11-16(10-14)32-21-33-18-12-31-19(8-13-2-1-3-13)34-20(18)35(21)17-4-6-30-7-5-17/h9-13,17,30H,1-8H2,(H,32,33). The molecule has 0 amide bonds. The molecule has 0 unspecified atom stereocenters. The van der Waals surface area contributed by atoms with E-state index in [-0.39, 0.29) is 23.7 Å². The van der Waals surface area contributed by atoms with E-state index >= 15 is 0 Å². The highest BCUT2D eigenvalue weighted by Gasteiger charge is 2.37. The van der Waals surface area contributed by atoms with Crippen molar-refractivity contribution in [2.45, 2.75) is 56.9 Å². The number of alkyl halides is 6. The van der Waals surface area contributed by atoms with E-state index in [0.717, 1.165) is 45.2 Å². The van der Waals surface area contributed by atoms with Crippen molar-refractivity contribution in [2.24, 2.45) is 5.92 Å². The minimum Gasteiger partial charge on any atom is -0.326 e. The van der Waals surface area contributed by atoms with Crippen LogP contribution in [0, 0.1) is 5.92 Å². The second-order valence-electron chi connectivity index (χ2n) is 9.20. The van der Waals surface area contributed by atoms with E-state index in [0.29, 0.717) is 35.0 Å². The molecule has 1 aliphatic heterocycles. The summed E-state index contributed by atoms with van der Waals surface area (Å²) in [6.07, 6.45) is -2.69. The van der Waals surface area contributed by atoms with Crippen molar-refractivity contribution in [1.29, 1.82) is 0 Å². The average Bonchev–Trinajstić information content (AvgIpc) is 3.12. The van der Waals surface area contributed by atoms with Gasteiger partial charge in [-0.15, -0.1) is 0 Å². The van der Waals surface area contributed by atoms with E-state index in [4.69, 9.17) is 4.98 Å². The van der Waals surface area contributed by atoms with Crippen LogP contribution in [0.2, 0.25) is 0 Å². The third-order valence-electron chi connectivity index (χ3n) is 6.70. The van der Waals surface area contributed by atoms with Crippen LogP contribution in [0.15, 0.2) is 24.4 Å². The lowest BCUT2D eigenvalue weighted by atomic mass is 9.83. The molecular weight excluding hydrogens is 474 g/mol. The Morgan fingerprint density at radius 2 is 1.57 bits per heavy atom. The van der Waals surface area contributed by atoms with E-state index in [1.807, 2.05) is 0 Å². The summed E-state index contributed by atoms with van der Waals surface area (Å²) in [5.41, 5.74) is -2.15. The first-order chi connectivity index (χ1) is 16.6. The monoisotopic (exact) mass is 498 g/mol. The fourth-order valence-corrected chi connectivity index (χ4v) is 4.63. The van der Waals surface area contributed by atoms with Gasteiger partial charge in [-0.1, -0.05) is 19.3 Å². The normalized spacial score (nSPS) is 18.1. The Morgan fingerprint density at radius 1 is 0.914 bits per heavy atom. The molecule has 12 heteroatoms. The highest BCUT2D eigenvalue weighted by molar-refractivity contribution is 5.75. The molecule has 35 heavy (non-hydrogen) atoms. The Hall–Kier alpha value is -2.89. The molecule has 1 aromatic carbocycles. The van der Waals surface area contributed by atoms with Crippen molar-refractivity contribution < 1.29 is 26.3 Å². The molecule has 0 bridgehead atoms. The number of imidazole rings is 1. The summed E-state index contributed by atoms with van der Waals surface area (Å²) in [6, 6.07) is 1.37. The van der Waals surface area contributed by atoms with Crippen LogP contribution in [0.1, 0.15) is 55.1 Å². The lowest BCUT2D eigenvalue weighted by Gasteiger charge is -2.26. The number of hydrogen-bond acceptors (Lipinski definition) is 5. The number of nitrogens with one attached hydrogen (secondary N) is 2. The number of aromatic nitrogens is 4. The number of anilines is 2. The van der Waals surface area contributed by atoms with Gasteiger partial charge in [-0.3, -0.25) is 4.57 Å². The first-order valence-electron chi connectivity index (χ1n) is 11.6. The Kier molecular flexibility index (Phi) is 6.10. The largest absolute Gasteiger partial charge is 0.416 e. The molecule has 0 radical (unpaired) electrons. The van der Waals surface area contributed by atoms with Crippen molar-refractivity contribution in [3.63, 3.8) is 0 Å². The van der Waals surface area contributed by atoms with Crippen LogP contribution in [0.25, 0.3) is 11.2 Å². The van der Waals surface area contributed by atoms with Gasteiger partial charge in [0, 0.05) is 18.2 Å². The van der Waals surface area contributed by atoms with E-state index in [2.05, 4.69) is 20.6 Å². The molecule has 0 spiro atoms. The third-order valence-corrected chi connectivity index (χ3v) is 6.70. The van der Waals surface area contributed by atoms with Crippen molar-refractivity contribution in [3.05, 3.63) is 41.3 Å². The van der Waals surface area contributed by atoms with Crippen LogP contribution in [-0.2, 0) is 18.8 Å². The maximum absolute atomic E-state index is 13.4. The smallest absolute Gasteiger partial charge is 0.326 e. The summed E-state index contributed by atoms with van der Waals surface area (Å²) in [5, 5.41) is 5.99.